The van der Waals surface area contributed by atoms with Crippen molar-refractivity contribution in [1.29, 1.82) is 0 Å². The summed E-state index contributed by atoms with van der Waals surface area (Å²) < 4.78 is 8.36. The molecule has 1 N–H and O–H groups in total. The molecule has 0 spiro atoms. The Bertz CT molecular complexity index is 1120. The van der Waals surface area contributed by atoms with E-state index in [-0.39, 0.29) is 24.6 Å². The second-order valence-electron chi connectivity index (χ2n) is 6.03. The van der Waals surface area contributed by atoms with Crippen molar-refractivity contribution in [3.63, 3.8) is 0 Å². The van der Waals surface area contributed by atoms with E-state index < -0.39 is 0 Å². The van der Waals surface area contributed by atoms with E-state index in [4.69, 9.17) is 4.42 Å². The third kappa shape index (κ3) is 2.92. The molecular weight excluding hydrogens is 352 g/mol. The molecule has 0 saturated heterocycles. The van der Waals surface area contributed by atoms with E-state index in [9.17, 15) is 9.59 Å². The SMILES string of the molecule is CCCc1nn(CC(=O)NCc2ccco2)c(=O)c2cc3ccsc3n12. The second-order valence-corrected chi connectivity index (χ2v) is 6.93. The van der Waals surface area contributed by atoms with Crippen molar-refractivity contribution in [3.8, 4) is 0 Å². The normalized spacial score (nSPS) is 11.4. The highest BCUT2D eigenvalue weighted by atomic mass is 32.1. The lowest BCUT2D eigenvalue weighted by atomic mass is 10.3. The molecular formula is C18H18N4O3S. The number of hydrogen-bond acceptors (Lipinski definition) is 5. The summed E-state index contributed by atoms with van der Waals surface area (Å²) in [5.74, 6) is 1.17. The first-order chi connectivity index (χ1) is 12.7. The van der Waals surface area contributed by atoms with Crippen LogP contribution in [0.5, 0.6) is 0 Å². The van der Waals surface area contributed by atoms with E-state index in [0.717, 1.165) is 28.9 Å². The van der Waals surface area contributed by atoms with Crippen LogP contribution >= 0.6 is 11.3 Å². The summed E-state index contributed by atoms with van der Waals surface area (Å²) in [6.07, 6.45) is 3.18. The van der Waals surface area contributed by atoms with Gasteiger partial charge < -0.3 is 9.73 Å². The first kappa shape index (κ1) is 16.6. The number of rotatable bonds is 6. The van der Waals surface area contributed by atoms with E-state index in [1.54, 1.807) is 29.7 Å². The predicted molar refractivity (Wildman–Crippen MR) is 99.4 cm³/mol. The summed E-state index contributed by atoms with van der Waals surface area (Å²) in [5.41, 5.74) is 0.297. The first-order valence-electron chi connectivity index (χ1n) is 8.45. The molecule has 4 rings (SSSR count). The van der Waals surface area contributed by atoms with Crippen LogP contribution in [0, 0.1) is 0 Å². The number of furan rings is 1. The number of aromatic nitrogens is 3. The molecule has 4 aromatic rings. The molecule has 0 aliphatic carbocycles. The van der Waals surface area contributed by atoms with Crippen molar-refractivity contribution >= 4 is 33.0 Å². The van der Waals surface area contributed by atoms with Crippen LogP contribution in [-0.2, 0) is 24.3 Å². The van der Waals surface area contributed by atoms with Crippen LogP contribution in [-0.4, -0.2) is 20.1 Å². The maximum absolute atomic E-state index is 12.8. The summed E-state index contributed by atoms with van der Waals surface area (Å²) in [6.45, 7) is 2.23. The molecule has 1 amide bonds. The molecule has 7 nitrogen and oxygen atoms in total. The number of carbonyl (C=O) groups excluding carboxylic acids is 1. The Morgan fingerprint density at radius 3 is 3.04 bits per heavy atom. The Kier molecular flexibility index (Phi) is 4.34. The lowest BCUT2D eigenvalue weighted by Crippen LogP contribution is -2.35. The highest BCUT2D eigenvalue weighted by molar-refractivity contribution is 7.16. The third-order valence-corrected chi connectivity index (χ3v) is 5.08. The minimum atomic E-state index is -0.281. The van der Waals surface area contributed by atoms with Crippen LogP contribution < -0.4 is 10.9 Å². The van der Waals surface area contributed by atoms with Crippen molar-refractivity contribution in [2.24, 2.45) is 0 Å². The zero-order chi connectivity index (χ0) is 18.1. The smallest absolute Gasteiger partial charge is 0.291 e. The highest BCUT2D eigenvalue weighted by Crippen LogP contribution is 2.25. The summed E-state index contributed by atoms with van der Waals surface area (Å²) in [5, 5.41) is 10.2. The van der Waals surface area contributed by atoms with Crippen molar-refractivity contribution < 1.29 is 9.21 Å². The molecule has 0 bridgehead atoms. The van der Waals surface area contributed by atoms with Gasteiger partial charge in [0.2, 0.25) is 5.91 Å². The maximum atomic E-state index is 12.8. The number of aryl methyl sites for hydroxylation is 1. The van der Waals surface area contributed by atoms with Crippen LogP contribution in [0.15, 0.2) is 45.1 Å². The number of nitrogens with zero attached hydrogens (tertiary/aromatic N) is 3. The Hall–Kier alpha value is -2.87. The van der Waals surface area contributed by atoms with Gasteiger partial charge in [-0.2, -0.15) is 5.10 Å². The minimum Gasteiger partial charge on any atom is -0.467 e. The summed E-state index contributed by atoms with van der Waals surface area (Å²) >= 11 is 1.58. The first-order valence-corrected chi connectivity index (χ1v) is 9.33. The van der Waals surface area contributed by atoms with Crippen molar-refractivity contribution in [2.45, 2.75) is 32.9 Å². The van der Waals surface area contributed by atoms with Crippen LogP contribution in [0.2, 0.25) is 0 Å². The average Bonchev–Trinajstić information content (AvgIpc) is 3.33. The lowest BCUT2D eigenvalue weighted by Gasteiger charge is -2.10. The molecule has 8 heteroatoms. The van der Waals surface area contributed by atoms with E-state index in [0.29, 0.717) is 11.3 Å². The van der Waals surface area contributed by atoms with Crippen LogP contribution in [0.25, 0.3) is 15.7 Å². The van der Waals surface area contributed by atoms with Gasteiger partial charge in [-0.1, -0.05) is 6.92 Å². The van der Waals surface area contributed by atoms with Crippen molar-refractivity contribution in [2.75, 3.05) is 0 Å². The van der Waals surface area contributed by atoms with Gasteiger partial charge in [-0.15, -0.1) is 11.3 Å². The fourth-order valence-corrected chi connectivity index (χ4v) is 3.90. The zero-order valence-electron chi connectivity index (χ0n) is 14.3. The third-order valence-electron chi connectivity index (χ3n) is 4.17. The van der Waals surface area contributed by atoms with Crippen LogP contribution in [0.4, 0.5) is 0 Å². The van der Waals surface area contributed by atoms with E-state index in [2.05, 4.69) is 17.3 Å². The fraction of sp³-hybridized carbons (Fsp3) is 0.278. The van der Waals surface area contributed by atoms with Crippen LogP contribution in [0.3, 0.4) is 0 Å². The standard InChI is InChI=1S/C18H18N4O3S/c1-2-4-15-20-21(11-16(23)19-10-13-5-3-7-25-13)17(24)14-9-12-6-8-26-18(12)22(14)15/h3,5-9H,2,4,10-11H2,1H3,(H,19,23). The maximum Gasteiger partial charge on any atom is 0.291 e. The molecule has 0 unspecified atom stereocenters. The molecule has 4 aromatic heterocycles. The molecule has 4 heterocycles. The summed E-state index contributed by atoms with van der Waals surface area (Å²) in [7, 11) is 0. The van der Waals surface area contributed by atoms with E-state index in [1.165, 1.54) is 4.68 Å². The molecule has 134 valence electrons. The van der Waals surface area contributed by atoms with Gasteiger partial charge >= 0.3 is 0 Å². The van der Waals surface area contributed by atoms with Gasteiger partial charge in [0, 0.05) is 11.8 Å². The molecule has 0 atom stereocenters. The van der Waals surface area contributed by atoms with Crippen LogP contribution in [0.1, 0.15) is 24.9 Å². The number of nitrogens with one attached hydrogen (secondary N) is 1. The molecule has 0 radical (unpaired) electrons. The van der Waals surface area contributed by atoms with Gasteiger partial charge in [-0.25, -0.2) is 4.68 Å². The fourth-order valence-electron chi connectivity index (χ4n) is 2.98. The largest absolute Gasteiger partial charge is 0.467 e. The minimum absolute atomic E-state index is 0.119. The number of thiophene rings is 1. The lowest BCUT2D eigenvalue weighted by molar-refractivity contribution is -0.122. The zero-order valence-corrected chi connectivity index (χ0v) is 15.1. The molecule has 0 fully saturated rings. The predicted octanol–water partition coefficient (Wildman–Crippen LogP) is 2.57. The van der Waals surface area contributed by atoms with Gasteiger partial charge in [-0.3, -0.25) is 14.0 Å². The second kappa shape index (κ2) is 6.80. The van der Waals surface area contributed by atoms with Gasteiger partial charge in [0.1, 0.15) is 28.5 Å². The number of carbonyl (C=O) groups is 1. The molecule has 0 aliphatic rings. The Morgan fingerprint density at radius 1 is 1.38 bits per heavy atom. The number of fused-ring (bicyclic) bond motifs is 3. The summed E-state index contributed by atoms with van der Waals surface area (Å²) in [6, 6.07) is 7.40. The Balaban J connectivity index is 1.67. The van der Waals surface area contributed by atoms with Crippen molar-refractivity contribution in [3.05, 3.63) is 57.8 Å². The molecule has 0 saturated carbocycles. The monoisotopic (exact) mass is 370 g/mol. The Morgan fingerprint density at radius 2 is 2.27 bits per heavy atom. The quantitative estimate of drug-likeness (QED) is 0.566. The van der Waals surface area contributed by atoms with E-state index >= 15 is 0 Å². The molecule has 26 heavy (non-hydrogen) atoms. The number of amides is 1. The molecule has 0 aliphatic heterocycles. The Labute approximate surface area is 152 Å². The van der Waals surface area contributed by atoms with Gasteiger partial charge in [0.15, 0.2) is 0 Å². The van der Waals surface area contributed by atoms with Gasteiger partial charge in [0.05, 0.1) is 12.8 Å². The average molecular weight is 370 g/mol. The number of hydrogen-bond donors (Lipinski definition) is 1. The van der Waals surface area contributed by atoms with Gasteiger partial charge in [-0.05, 0) is 36.1 Å². The van der Waals surface area contributed by atoms with Crippen molar-refractivity contribution in [1.82, 2.24) is 19.5 Å². The highest BCUT2D eigenvalue weighted by Gasteiger charge is 2.16. The topological polar surface area (TPSA) is 81.5 Å². The molecule has 0 aromatic carbocycles. The summed E-state index contributed by atoms with van der Waals surface area (Å²) in [4.78, 5) is 26.1. The van der Waals surface area contributed by atoms with Gasteiger partial charge in [0.25, 0.3) is 5.56 Å². The van der Waals surface area contributed by atoms with E-state index in [1.807, 2.05) is 21.9 Å².